The molecule has 1 aliphatic rings. The Morgan fingerprint density at radius 3 is 2.91 bits per heavy atom. The molecular formula is C19H20N2O2. The van der Waals surface area contributed by atoms with Crippen molar-refractivity contribution in [2.45, 2.75) is 19.5 Å². The highest BCUT2D eigenvalue weighted by Crippen LogP contribution is 2.30. The van der Waals surface area contributed by atoms with Gasteiger partial charge in [-0.2, -0.15) is 0 Å². The molecule has 23 heavy (non-hydrogen) atoms. The van der Waals surface area contributed by atoms with Crippen molar-refractivity contribution >= 4 is 10.9 Å². The number of rotatable bonds is 3. The van der Waals surface area contributed by atoms with E-state index in [2.05, 4.69) is 34.1 Å². The first kappa shape index (κ1) is 14.2. The van der Waals surface area contributed by atoms with E-state index in [9.17, 15) is 5.11 Å². The van der Waals surface area contributed by atoms with Crippen molar-refractivity contribution in [3.05, 3.63) is 59.3 Å². The van der Waals surface area contributed by atoms with Gasteiger partial charge in [-0.1, -0.05) is 24.3 Å². The summed E-state index contributed by atoms with van der Waals surface area (Å²) in [5.74, 6) is 0.721. The SMILES string of the molecule is COc1ccc(CN2CCc3c([nH]c4ccccc34)C2)cc1O. The molecule has 4 heteroatoms. The van der Waals surface area contributed by atoms with Crippen LogP contribution in [0.2, 0.25) is 0 Å². The highest BCUT2D eigenvalue weighted by Gasteiger charge is 2.20. The fourth-order valence-electron chi connectivity index (χ4n) is 3.48. The number of benzene rings is 2. The number of nitrogens with one attached hydrogen (secondary N) is 1. The lowest BCUT2D eigenvalue weighted by molar-refractivity contribution is 0.243. The first-order chi connectivity index (χ1) is 11.2. The second kappa shape index (κ2) is 5.63. The zero-order valence-electron chi connectivity index (χ0n) is 13.2. The molecular weight excluding hydrogens is 288 g/mol. The van der Waals surface area contributed by atoms with Crippen molar-refractivity contribution in [1.82, 2.24) is 9.88 Å². The quantitative estimate of drug-likeness (QED) is 0.779. The number of fused-ring (bicyclic) bond motifs is 3. The fourth-order valence-corrected chi connectivity index (χ4v) is 3.48. The predicted molar refractivity (Wildman–Crippen MR) is 90.8 cm³/mol. The number of hydrogen-bond acceptors (Lipinski definition) is 3. The van der Waals surface area contributed by atoms with E-state index in [1.165, 1.54) is 22.2 Å². The van der Waals surface area contributed by atoms with Crippen LogP contribution in [0.3, 0.4) is 0 Å². The Kier molecular flexibility index (Phi) is 3.46. The Hall–Kier alpha value is -2.46. The molecule has 118 valence electrons. The van der Waals surface area contributed by atoms with Gasteiger partial charge in [0, 0.05) is 36.2 Å². The minimum atomic E-state index is 0.202. The largest absolute Gasteiger partial charge is 0.504 e. The van der Waals surface area contributed by atoms with Crippen LogP contribution < -0.4 is 4.74 Å². The van der Waals surface area contributed by atoms with E-state index in [0.29, 0.717) is 5.75 Å². The molecule has 1 aliphatic heterocycles. The lowest BCUT2D eigenvalue weighted by Crippen LogP contribution is -2.29. The van der Waals surface area contributed by atoms with Gasteiger partial charge in [0.2, 0.25) is 0 Å². The van der Waals surface area contributed by atoms with E-state index < -0.39 is 0 Å². The number of aromatic nitrogens is 1. The minimum absolute atomic E-state index is 0.202. The molecule has 4 rings (SSSR count). The second-order valence-corrected chi connectivity index (χ2v) is 6.09. The average Bonchev–Trinajstić information content (AvgIpc) is 2.92. The van der Waals surface area contributed by atoms with Crippen LogP contribution in [-0.4, -0.2) is 28.6 Å². The summed E-state index contributed by atoms with van der Waals surface area (Å²) in [5, 5.41) is 11.3. The lowest BCUT2D eigenvalue weighted by Gasteiger charge is -2.27. The minimum Gasteiger partial charge on any atom is -0.504 e. The van der Waals surface area contributed by atoms with E-state index in [1.54, 1.807) is 13.2 Å². The number of phenols is 1. The van der Waals surface area contributed by atoms with Gasteiger partial charge in [0.15, 0.2) is 11.5 Å². The Labute approximate surface area is 135 Å². The number of ether oxygens (including phenoxy) is 1. The number of phenolic OH excluding ortho intramolecular Hbond substituents is 1. The van der Waals surface area contributed by atoms with E-state index in [-0.39, 0.29) is 5.75 Å². The van der Waals surface area contributed by atoms with Crippen molar-refractivity contribution in [2.75, 3.05) is 13.7 Å². The molecule has 0 amide bonds. The summed E-state index contributed by atoms with van der Waals surface area (Å²) in [6.45, 7) is 2.77. The standard InChI is InChI=1S/C19H20N2O2/c1-23-19-7-6-13(10-18(19)22)11-21-9-8-15-14-4-2-3-5-16(14)20-17(15)12-21/h2-7,10,20,22H,8-9,11-12H2,1H3. The molecule has 0 saturated heterocycles. The molecule has 2 heterocycles. The topological polar surface area (TPSA) is 48.5 Å². The third-order valence-corrected chi connectivity index (χ3v) is 4.61. The van der Waals surface area contributed by atoms with Gasteiger partial charge < -0.3 is 14.8 Å². The van der Waals surface area contributed by atoms with Gasteiger partial charge in [0.05, 0.1) is 7.11 Å². The number of nitrogens with zero attached hydrogens (tertiary/aromatic N) is 1. The van der Waals surface area contributed by atoms with Crippen LogP contribution in [0.15, 0.2) is 42.5 Å². The number of aromatic hydroxyl groups is 1. The van der Waals surface area contributed by atoms with Gasteiger partial charge >= 0.3 is 0 Å². The van der Waals surface area contributed by atoms with E-state index in [0.717, 1.165) is 31.6 Å². The summed E-state index contributed by atoms with van der Waals surface area (Å²) < 4.78 is 5.10. The fraction of sp³-hybridized carbons (Fsp3) is 0.263. The van der Waals surface area contributed by atoms with Crippen LogP contribution in [0.25, 0.3) is 10.9 Å². The van der Waals surface area contributed by atoms with Crippen molar-refractivity contribution in [3.8, 4) is 11.5 Å². The third kappa shape index (κ3) is 2.55. The Balaban J connectivity index is 1.55. The molecule has 0 saturated carbocycles. The van der Waals surface area contributed by atoms with Gasteiger partial charge in [-0.15, -0.1) is 0 Å². The van der Waals surface area contributed by atoms with Crippen LogP contribution in [-0.2, 0) is 19.5 Å². The first-order valence-corrected chi connectivity index (χ1v) is 7.91. The van der Waals surface area contributed by atoms with E-state index in [4.69, 9.17) is 4.74 Å². The van der Waals surface area contributed by atoms with Gasteiger partial charge in [0.25, 0.3) is 0 Å². The Bertz CT molecular complexity index is 854. The molecule has 4 nitrogen and oxygen atoms in total. The maximum Gasteiger partial charge on any atom is 0.160 e. The molecule has 3 aromatic rings. The smallest absolute Gasteiger partial charge is 0.160 e. The number of H-pyrrole nitrogens is 1. The molecule has 0 radical (unpaired) electrons. The summed E-state index contributed by atoms with van der Waals surface area (Å²) in [5.41, 5.74) is 5.09. The third-order valence-electron chi connectivity index (χ3n) is 4.61. The second-order valence-electron chi connectivity index (χ2n) is 6.09. The number of methoxy groups -OCH3 is 1. The molecule has 2 aromatic carbocycles. The van der Waals surface area contributed by atoms with Crippen LogP contribution in [0.1, 0.15) is 16.8 Å². The lowest BCUT2D eigenvalue weighted by atomic mass is 10.0. The Morgan fingerprint density at radius 1 is 1.22 bits per heavy atom. The van der Waals surface area contributed by atoms with Crippen molar-refractivity contribution in [1.29, 1.82) is 0 Å². The molecule has 0 atom stereocenters. The van der Waals surface area contributed by atoms with Gasteiger partial charge in [0.1, 0.15) is 0 Å². The normalized spacial score (nSPS) is 14.8. The number of aromatic amines is 1. The summed E-state index contributed by atoms with van der Waals surface area (Å²) in [4.78, 5) is 5.95. The van der Waals surface area contributed by atoms with E-state index >= 15 is 0 Å². The Morgan fingerprint density at radius 2 is 2.09 bits per heavy atom. The van der Waals surface area contributed by atoms with Gasteiger partial charge in [-0.3, -0.25) is 4.90 Å². The summed E-state index contributed by atoms with van der Waals surface area (Å²) in [7, 11) is 1.57. The number of hydrogen-bond donors (Lipinski definition) is 2. The highest BCUT2D eigenvalue weighted by atomic mass is 16.5. The van der Waals surface area contributed by atoms with E-state index in [1.807, 2.05) is 12.1 Å². The van der Waals surface area contributed by atoms with Crippen molar-refractivity contribution in [2.24, 2.45) is 0 Å². The molecule has 0 unspecified atom stereocenters. The summed E-state index contributed by atoms with van der Waals surface area (Å²) in [6, 6.07) is 14.1. The monoisotopic (exact) mass is 308 g/mol. The molecule has 0 aliphatic carbocycles. The van der Waals surface area contributed by atoms with Crippen LogP contribution in [0, 0.1) is 0 Å². The van der Waals surface area contributed by atoms with Crippen molar-refractivity contribution < 1.29 is 9.84 Å². The first-order valence-electron chi connectivity index (χ1n) is 7.91. The van der Waals surface area contributed by atoms with Crippen LogP contribution in [0.4, 0.5) is 0 Å². The van der Waals surface area contributed by atoms with Gasteiger partial charge in [-0.05, 0) is 35.7 Å². The predicted octanol–water partition coefficient (Wildman–Crippen LogP) is 3.44. The molecule has 0 spiro atoms. The zero-order valence-corrected chi connectivity index (χ0v) is 13.2. The summed E-state index contributed by atoms with van der Waals surface area (Å²) in [6.07, 6.45) is 1.06. The van der Waals surface area contributed by atoms with Gasteiger partial charge in [-0.25, -0.2) is 0 Å². The average molecular weight is 308 g/mol. The zero-order chi connectivity index (χ0) is 15.8. The van der Waals surface area contributed by atoms with Crippen molar-refractivity contribution in [3.63, 3.8) is 0 Å². The molecule has 0 fully saturated rings. The number of para-hydroxylation sites is 1. The van der Waals surface area contributed by atoms with Crippen LogP contribution >= 0.6 is 0 Å². The van der Waals surface area contributed by atoms with Crippen LogP contribution in [0.5, 0.6) is 11.5 Å². The highest BCUT2D eigenvalue weighted by molar-refractivity contribution is 5.84. The molecule has 2 N–H and O–H groups in total. The molecule has 0 bridgehead atoms. The summed E-state index contributed by atoms with van der Waals surface area (Å²) >= 11 is 0. The molecule has 1 aromatic heterocycles. The maximum atomic E-state index is 9.92. The maximum absolute atomic E-state index is 9.92.